The van der Waals surface area contributed by atoms with E-state index in [0.717, 1.165) is 24.5 Å². The molecule has 0 saturated heterocycles. The van der Waals surface area contributed by atoms with Crippen LogP contribution in [0.3, 0.4) is 0 Å². The lowest BCUT2D eigenvalue weighted by Crippen LogP contribution is -2.27. The Morgan fingerprint density at radius 2 is 1.93 bits per heavy atom. The predicted molar refractivity (Wildman–Crippen MR) is 63.6 cm³/mol. The zero-order valence-corrected chi connectivity index (χ0v) is 10.2. The highest BCUT2D eigenvalue weighted by Gasteiger charge is 2.28. The van der Waals surface area contributed by atoms with Crippen LogP contribution >= 0.6 is 15.9 Å². The van der Waals surface area contributed by atoms with Gasteiger partial charge in [-0.15, -0.1) is 0 Å². The van der Waals surface area contributed by atoms with Gasteiger partial charge in [0, 0.05) is 24.5 Å². The third kappa shape index (κ3) is 3.28. The van der Waals surface area contributed by atoms with Gasteiger partial charge in [0.1, 0.15) is 5.82 Å². The van der Waals surface area contributed by atoms with Gasteiger partial charge in [-0.1, -0.05) is 28.1 Å². The molecule has 0 N–H and O–H groups in total. The molecule has 0 atom stereocenters. The maximum atomic E-state index is 12.7. The molecule has 1 aromatic rings. The van der Waals surface area contributed by atoms with Gasteiger partial charge in [0.2, 0.25) is 0 Å². The summed E-state index contributed by atoms with van der Waals surface area (Å²) in [5, 5.41) is 1.00. The molecule has 0 radical (unpaired) electrons. The SMILES string of the molecule is Fc1ccc(CN(CCBr)C2CC2)cc1. The van der Waals surface area contributed by atoms with Gasteiger partial charge in [-0.25, -0.2) is 4.39 Å². The summed E-state index contributed by atoms with van der Waals surface area (Å²) in [6.07, 6.45) is 2.63. The van der Waals surface area contributed by atoms with Crippen molar-refractivity contribution >= 4 is 15.9 Å². The first-order valence-electron chi connectivity index (χ1n) is 5.34. The molecular weight excluding hydrogens is 257 g/mol. The summed E-state index contributed by atoms with van der Waals surface area (Å²) in [5.41, 5.74) is 1.20. The Kier molecular flexibility index (Phi) is 3.76. The lowest BCUT2D eigenvalue weighted by atomic mass is 10.2. The number of benzene rings is 1. The maximum Gasteiger partial charge on any atom is 0.123 e. The van der Waals surface area contributed by atoms with Crippen LogP contribution in [0.4, 0.5) is 4.39 Å². The van der Waals surface area contributed by atoms with E-state index in [4.69, 9.17) is 0 Å². The normalized spacial score (nSPS) is 15.9. The van der Waals surface area contributed by atoms with Gasteiger partial charge < -0.3 is 0 Å². The molecule has 15 heavy (non-hydrogen) atoms. The van der Waals surface area contributed by atoms with Crippen LogP contribution in [0.1, 0.15) is 18.4 Å². The second-order valence-corrected chi connectivity index (χ2v) is 4.81. The molecule has 0 heterocycles. The van der Waals surface area contributed by atoms with Crippen molar-refractivity contribution in [2.24, 2.45) is 0 Å². The van der Waals surface area contributed by atoms with Crippen LogP contribution < -0.4 is 0 Å². The van der Waals surface area contributed by atoms with Crippen LogP contribution in [0.2, 0.25) is 0 Å². The average molecular weight is 272 g/mol. The highest BCUT2D eigenvalue weighted by atomic mass is 79.9. The van der Waals surface area contributed by atoms with Crippen molar-refractivity contribution in [2.45, 2.75) is 25.4 Å². The van der Waals surface area contributed by atoms with E-state index in [1.807, 2.05) is 12.1 Å². The fourth-order valence-electron chi connectivity index (χ4n) is 1.76. The summed E-state index contributed by atoms with van der Waals surface area (Å²) in [4.78, 5) is 2.46. The number of halogens is 2. The predicted octanol–water partition coefficient (Wildman–Crippen LogP) is 3.19. The van der Waals surface area contributed by atoms with E-state index < -0.39 is 0 Å². The summed E-state index contributed by atoms with van der Waals surface area (Å²) in [5.74, 6) is -0.155. The van der Waals surface area contributed by atoms with Gasteiger partial charge in [0.15, 0.2) is 0 Å². The third-order valence-corrected chi connectivity index (χ3v) is 3.09. The molecule has 82 valence electrons. The van der Waals surface area contributed by atoms with Crippen LogP contribution in [-0.2, 0) is 6.54 Å². The number of hydrogen-bond donors (Lipinski definition) is 0. The van der Waals surface area contributed by atoms with E-state index >= 15 is 0 Å². The molecule has 1 aliphatic rings. The van der Waals surface area contributed by atoms with Crippen LogP contribution in [0.15, 0.2) is 24.3 Å². The molecule has 0 bridgehead atoms. The van der Waals surface area contributed by atoms with Crippen molar-refractivity contribution in [1.29, 1.82) is 0 Å². The van der Waals surface area contributed by atoms with Crippen molar-refractivity contribution in [2.75, 3.05) is 11.9 Å². The van der Waals surface area contributed by atoms with Gasteiger partial charge in [0.05, 0.1) is 0 Å². The monoisotopic (exact) mass is 271 g/mol. The smallest absolute Gasteiger partial charge is 0.123 e. The van der Waals surface area contributed by atoms with Gasteiger partial charge in [-0.05, 0) is 30.5 Å². The Morgan fingerprint density at radius 1 is 1.27 bits per heavy atom. The van der Waals surface area contributed by atoms with Crippen molar-refractivity contribution in [3.8, 4) is 0 Å². The third-order valence-electron chi connectivity index (χ3n) is 2.73. The molecule has 0 amide bonds. The second kappa shape index (κ2) is 5.08. The largest absolute Gasteiger partial charge is 0.295 e. The first kappa shape index (κ1) is 11.1. The van der Waals surface area contributed by atoms with E-state index in [1.165, 1.54) is 30.5 Å². The first-order chi connectivity index (χ1) is 7.29. The standard InChI is InChI=1S/C12H15BrFN/c13-7-8-15(12-5-6-12)9-10-1-3-11(14)4-2-10/h1-4,12H,5-9H2. The van der Waals surface area contributed by atoms with E-state index in [2.05, 4.69) is 20.8 Å². The lowest BCUT2D eigenvalue weighted by Gasteiger charge is -2.20. The van der Waals surface area contributed by atoms with Crippen molar-refractivity contribution in [3.63, 3.8) is 0 Å². The summed E-state index contributed by atoms with van der Waals surface area (Å²) < 4.78 is 12.7. The maximum absolute atomic E-state index is 12.7. The van der Waals surface area contributed by atoms with Crippen LogP contribution in [0.5, 0.6) is 0 Å². The van der Waals surface area contributed by atoms with Crippen LogP contribution in [-0.4, -0.2) is 22.8 Å². The molecular formula is C12H15BrFN. The zero-order chi connectivity index (χ0) is 10.7. The molecule has 0 aromatic heterocycles. The summed E-state index contributed by atoms with van der Waals surface area (Å²) in [7, 11) is 0. The molecule has 0 unspecified atom stereocenters. The van der Waals surface area contributed by atoms with Gasteiger partial charge >= 0.3 is 0 Å². The van der Waals surface area contributed by atoms with Gasteiger partial charge in [0.25, 0.3) is 0 Å². The highest BCUT2D eigenvalue weighted by molar-refractivity contribution is 9.09. The van der Waals surface area contributed by atoms with E-state index in [9.17, 15) is 4.39 Å². The van der Waals surface area contributed by atoms with Crippen LogP contribution in [0.25, 0.3) is 0 Å². The quantitative estimate of drug-likeness (QED) is 0.744. The summed E-state index contributed by atoms with van der Waals surface area (Å²) in [6.45, 7) is 2.01. The fraction of sp³-hybridized carbons (Fsp3) is 0.500. The van der Waals surface area contributed by atoms with Crippen molar-refractivity contribution in [1.82, 2.24) is 4.90 Å². The molecule has 0 spiro atoms. The Bertz CT molecular complexity index is 308. The lowest BCUT2D eigenvalue weighted by molar-refractivity contribution is 0.272. The molecule has 1 fully saturated rings. The van der Waals surface area contributed by atoms with E-state index in [1.54, 1.807) is 0 Å². The minimum absolute atomic E-state index is 0.155. The molecule has 1 aliphatic carbocycles. The number of alkyl halides is 1. The Labute approximate surface area is 98.4 Å². The zero-order valence-electron chi connectivity index (χ0n) is 8.63. The minimum Gasteiger partial charge on any atom is -0.295 e. The molecule has 3 heteroatoms. The molecule has 1 nitrogen and oxygen atoms in total. The van der Waals surface area contributed by atoms with Gasteiger partial charge in [-0.2, -0.15) is 0 Å². The summed E-state index contributed by atoms with van der Waals surface area (Å²) in [6, 6.07) is 7.58. The van der Waals surface area contributed by atoms with Gasteiger partial charge in [-0.3, -0.25) is 4.90 Å². The molecule has 0 aliphatic heterocycles. The molecule has 2 rings (SSSR count). The number of nitrogens with zero attached hydrogens (tertiary/aromatic N) is 1. The second-order valence-electron chi connectivity index (χ2n) is 4.02. The Balaban J connectivity index is 1.95. The Morgan fingerprint density at radius 3 is 2.47 bits per heavy atom. The molecule has 1 aromatic carbocycles. The highest BCUT2D eigenvalue weighted by Crippen LogP contribution is 2.28. The van der Waals surface area contributed by atoms with Crippen molar-refractivity contribution < 1.29 is 4.39 Å². The minimum atomic E-state index is -0.155. The molecule has 1 saturated carbocycles. The van der Waals surface area contributed by atoms with Crippen molar-refractivity contribution in [3.05, 3.63) is 35.6 Å². The van der Waals surface area contributed by atoms with E-state index in [0.29, 0.717) is 0 Å². The topological polar surface area (TPSA) is 3.24 Å². The van der Waals surface area contributed by atoms with Crippen LogP contribution in [0, 0.1) is 5.82 Å². The number of hydrogen-bond acceptors (Lipinski definition) is 1. The summed E-state index contributed by atoms with van der Waals surface area (Å²) >= 11 is 3.47. The first-order valence-corrected chi connectivity index (χ1v) is 6.46. The number of rotatable bonds is 5. The average Bonchev–Trinajstić information content (AvgIpc) is 3.04. The fourth-order valence-corrected chi connectivity index (χ4v) is 2.22. The Hall–Kier alpha value is -0.410. The van der Waals surface area contributed by atoms with E-state index in [-0.39, 0.29) is 5.82 Å².